The number of phenolic OH excluding ortho intramolecular Hbond substituents is 1. The molecular formula is C16H23N5O4S. The van der Waals surface area contributed by atoms with E-state index >= 15 is 0 Å². The Morgan fingerprint density at radius 3 is 2.35 bits per heavy atom. The van der Waals surface area contributed by atoms with E-state index in [9.17, 15) is 18.3 Å². The number of amidine groups is 2. The van der Waals surface area contributed by atoms with E-state index in [4.69, 9.17) is 0 Å². The monoisotopic (exact) mass is 381 g/mol. The molecule has 3 N–H and O–H groups in total. The highest BCUT2D eigenvalue weighted by Gasteiger charge is 2.27. The van der Waals surface area contributed by atoms with Crippen molar-refractivity contribution in [3.63, 3.8) is 0 Å². The van der Waals surface area contributed by atoms with E-state index in [1.54, 1.807) is 20.2 Å². The molecule has 10 heteroatoms. The van der Waals surface area contributed by atoms with Crippen molar-refractivity contribution in [2.75, 3.05) is 19.4 Å². The number of hydrogen-bond donors (Lipinski definition) is 3. The van der Waals surface area contributed by atoms with Crippen molar-refractivity contribution in [3.05, 3.63) is 23.8 Å². The number of anilines is 1. The van der Waals surface area contributed by atoms with E-state index in [1.165, 1.54) is 17.0 Å². The summed E-state index contributed by atoms with van der Waals surface area (Å²) in [7, 11) is -0.861. The molecule has 1 atom stereocenters. The van der Waals surface area contributed by atoms with Crippen LogP contribution in [-0.2, 0) is 10.2 Å². The van der Waals surface area contributed by atoms with Crippen LogP contribution in [0, 0.1) is 5.92 Å². The number of para-hydroxylation sites is 1. The Morgan fingerprint density at radius 1 is 1.15 bits per heavy atom. The molecule has 2 rings (SSSR count). The Bertz CT molecular complexity index is 875. The van der Waals surface area contributed by atoms with Gasteiger partial charge in [-0.05, 0) is 25.0 Å². The van der Waals surface area contributed by atoms with Crippen LogP contribution in [-0.4, -0.2) is 56.1 Å². The highest BCUT2D eigenvalue weighted by molar-refractivity contribution is 7.89. The lowest BCUT2D eigenvalue weighted by Gasteiger charge is -2.19. The minimum Gasteiger partial charge on any atom is -0.505 e. The van der Waals surface area contributed by atoms with Crippen LogP contribution in [0.2, 0.25) is 0 Å². The Kier molecular flexibility index (Phi) is 5.55. The number of benzene rings is 1. The second-order valence-corrected chi connectivity index (χ2v) is 7.79. The number of aromatic hydroxyl groups is 1. The average Bonchev–Trinajstić information content (AvgIpc) is 2.82. The summed E-state index contributed by atoms with van der Waals surface area (Å²) in [5.41, 5.74) is 0.240. The number of amides is 1. The van der Waals surface area contributed by atoms with Crippen LogP contribution in [0.3, 0.4) is 0 Å². The lowest BCUT2D eigenvalue weighted by atomic mass is 10.1. The zero-order chi connectivity index (χ0) is 19.6. The van der Waals surface area contributed by atoms with Crippen LogP contribution < -0.4 is 10.6 Å². The largest absolute Gasteiger partial charge is 0.505 e. The van der Waals surface area contributed by atoms with Crippen LogP contribution in [0.5, 0.6) is 5.75 Å². The molecule has 0 aromatic heterocycles. The first-order chi connectivity index (χ1) is 12.0. The van der Waals surface area contributed by atoms with Gasteiger partial charge < -0.3 is 20.6 Å². The Morgan fingerprint density at radius 2 is 1.77 bits per heavy atom. The van der Waals surface area contributed by atoms with Crippen molar-refractivity contribution in [1.29, 1.82) is 0 Å². The molecule has 9 nitrogen and oxygen atoms in total. The summed E-state index contributed by atoms with van der Waals surface area (Å²) in [6.45, 7) is 5.85. The molecule has 0 fully saturated rings. The molecule has 1 aromatic carbocycles. The van der Waals surface area contributed by atoms with E-state index in [2.05, 4.69) is 19.4 Å². The zero-order valence-corrected chi connectivity index (χ0v) is 16.1. The van der Waals surface area contributed by atoms with E-state index in [1.807, 2.05) is 20.8 Å². The van der Waals surface area contributed by atoms with Crippen molar-refractivity contribution in [1.82, 2.24) is 10.2 Å². The lowest BCUT2D eigenvalue weighted by molar-refractivity contribution is 0.0824. The van der Waals surface area contributed by atoms with Crippen LogP contribution in [0.15, 0.2) is 27.0 Å². The van der Waals surface area contributed by atoms with Gasteiger partial charge in [-0.15, -0.1) is 8.80 Å². The van der Waals surface area contributed by atoms with Crippen LogP contribution in [0.25, 0.3) is 0 Å². The Hall–Kier alpha value is -2.62. The lowest BCUT2D eigenvalue weighted by Crippen LogP contribution is -2.41. The van der Waals surface area contributed by atoms with Crippen molar-refractivity contribution in [2.45, 2.75) is 26.8 Å². The van der Waals surface area contributed by atoms with Gasteiger partial charge in [-0.2, -0.15) is 8.42 Å². The number of rotatable bonds is 4. The van der Waals surface area contributed by atoms with Crippen molar-refractivity contribution in [3.8, 4) is 5.75 Å². The van der Waals surface area contributed by atoms with Crippen LogP contribution in [0.4, 0.5) is 5.69 Å². The first kappa shape index (κ1) is 19.7. The summed E-state index contributed by atoms with van der Waals surface area (Å²) < 4.78 is 30.7. The van der Waals surface area contributed by atoms with Gasteiger partial charge in [0.2, 0.25) is 0 Å². The molecule has 0 bridgehead atoms. The smallest absolute Gasteiger partial charge is 0.367 e. The van der Waals surface area contributed by atoms with Gasteiger partial charge in [0.25, 0.3) is 5.91 Å². The summed E-state index contributed by atoms with van der Waals surface area (Å²) in [5, 5.41) is 16.1. The van der Waals surface area contributed by atoms with Gasteiger partial charge in [0.15, 0.2) is 17.4 Å². The first-order valence-electron chi connectivity index (χ1n) is 8.04. The molecule has 142 valence electrons. The molecule has 1 amide bonds. The maximum absolute atomic E-state index is 12.1. The number of hydrogen-bond acceptors (Lipinski definition) is 6. The number of nitrogens with one attached hydrogen (secondary N) is 2. The minimum absolute atomic E-state index is 0.0396. The van der Waals surface area contributed by atoms with Crippen LogP contribution in [0.1, 0.15) is 31.1 Å². The molecule has 1 aromatic rings. The summed E-state index contributed by atoms with van der Waals surface area (Å²) >= 11 is 0. The number of carbonyl (C=O) groups excluding carboxylic acids is 1. The number of nitrogens with zero attached hydrogens (tertiary/aromatic N) is 3. The van der Waals surface area contributed by atoms with Gasteiger partial charge in [0.1, 0.15) is 0 Å². The fourth-order valence-electron chi connectivity index (χ4n) is 2.08. The highest BCUT2D eigenvalue weighted by Crippen LogP contribution is 2.28. The summed E-state index contributed by atoms with van der Waals surface area (Å²) in [4.78, 5) is 13.4. The molecule has 0 saturated carbocycles. The van der Waals surface area contributed by atoms with Gasteiger partial charge in [0.05, 0.1) is 11.3 Å². The third-order valence-electron chi connectivity index (χ3n) is 3.93. The van der Waals surface area contributed by atoms with Gasteiger partial charge >= 0.3 is 10.2 Å². The minimum atomic E-state index is -3.99. The Labute approximate surface area is 153 Å². The predicted molar refractivity (Wildman–Crippen MR) is 101 cm³/mol. The maximum atomic E-state index is 12.1. The standard InChI is InChI=1S/C16H23N5O4S/c1-9(2)10(3)17-14-15(20-26(24,25)19-14)18-12-8-6-7-11(13(12)22)16(23)21(4)5/h6-10,22H,1-5H3,(H,17,19)(H,18,20). The van der Waals surface area contributed by atoms with Crippen LogP contribution >= 0.6 is 0 Å². The highest BCUT2D eigenvalue weighted by atomic mass is 32.2. The Balaban J connectivity index is 2.34. The molecule has 0 saturated heterocycles. The SMILES string of the molecule is CC(C)C(C)NC1=NS(=O)(=O)N=C1Nc1cccc(C(=O)N(C)C)c1O. The molecule has 0 radical (unpaired) electrons. The van der Waals surface area contributed by atoms with E-state index < -0.39 is 10.2 Å². The molecule has 0 aliphatic carbocycles. The molecule has 1 aliphatic rings. The fraction of sp³-hybridized carbons (Fsp3) is 0.438. The van der Waals surface area contributed by atoms with Gasteiger partial charge in [0, 0.05) is 20.1 Å². The average molecular weight is 381 g/mol. The third kappa shape index (κ3) is 4.31. The molecule has 1 aliphatic heterocycles. The molecule has 26 heavy (non-hydrogen) atoms. The first-order valence-corrected chi connectivity index (χ1v) is 9.44. The molecular weight excluding hydrogens is 358 g/mol. The van der Waals surface area contributed by atoms with Gasteiger partial charge in [-0.1, -0.05) is 19.9 Å². The summed E-state index contributed by atoms with van der Waals surface area (Å²) in [5.74, 6) is -0.420. The predicted octanol–water partition coefficient (Wildman–Crippen LogP) is 1.20. The third-order valence-corrected chi connectivity index (χ3v) is 4.75. The summed E-state index contributed by atoms with van der Waals surface area (Å²) in [6.07, 6.45) is 0. The van der Waals surface area contributed by atoms with Gasteiger partial charge in [-0.3, -0.25) is 4.79 Å². The number of phenols is 1. The second kappa shape index (κ2) is 7.32. The normalized spacial score (nSPS) is 16.7. The molecule has 1 unspecified atom stereocenters. The molecule has 0 spiro atoms. The quantitative estimate of drug-likeness (QED) is 0.673. The fourth-order valence-corrected chi connectivity index (χ4v) is 2.86. The van der Waals surface area contributed by atoms with Crippen molar-refractivity contribution in [2.24, 2.45) is 14.7 Å². The summed E-state index contributed by atoms with van der Waals surface area (Å²) in [6, 6.07) is 4.51. The van der Waals surface area contributed by atoms with Crippen molar-refractivity contribution < 1.29 is 18.3 Å². The molecule has 1 heterocycles. The maximum Gasteiger partial charge on any atom is 0.367 e. The number of carbonyl (C=O) groups is 1. The van der Waals surface area contributed by atoms with Gasteiger partial charge in [-0.25, -0.2) is 0 Å². The van der Waals surface area contributed by atoms with E-state index in [0.29, 0.717) is 0 Å². The van der Waals surface area contributed by atoms with E-state index in [-0.39, 0.29) is 46.5 Å². The van der Waals surface area contributed by atoms with Crippen molar-refractivity contribution >= 4 is 33.5 Å². The van der Waals surface area contributed by atoms with E-state index in [0.717, 1.165) is 0 Å². The zero-order valence-electron chi connectivity index (χ0n) is 15.3. The topological polar surface area (TPSA) is 123 Å². The second-order valence-electron chi connectivity index (χ2n) is 6.53.